The number of piperazine rings is 1. The van der Waals surface area contributed by atoms with Crippen molar-refractivity contribution in [3.05, 3.63) is 82.2 Å². The van der Waals surface area contributed by atoms with E-state index in [2.05, 4.69) is 15.3 Å². The fourth-order valence-corrected chi connectivity index (χ4v) is 4.30. The number of H-pyrrole nitrogens is 1. The van der Waals surface area contributed by atoms with Gasteiger partial charge in [0.25, 0.3) is 11.5 Å². The summed E-state index contributed by atoms with van der Waals surface area (Å²) in [6.07, 6.45) is 2.78. The molecule has 2 aromatic heterocycles. The molecule has 3 heterocycles. The van der Waals surface area contributed by atoms with Crippen LogP contribution in [0.1, 0.15) is 36.7 Å². The molecule has 1 saturated heterocycles. The molecule has 10 nitrogen and oxygen atoms in total. The Bertz CT molecular complexity index is 1430. The Hall–Kier alpha value is -4.56. The molecule has 1 fully saturated rings. The number of rotatable bonds is 6. The Morgan fingerprint density at radius 1 is 1.18 bits per heavy atom. The van der Waals surface area contributed by atoms with Gasteiger partial charge in [-0.1, -0.05) is 0 Å². The van der Waals surface area contributed by atoms with Crippen molar-refractivity contribution in [2.24, 2.45) is 0 Å². The number of aromatic amines is 1. The summed E-state index contributed by atoms with van der Waals surface area (Å²) in [6.45, 7) is 6.84. The van der Waals surface area contributed by atoms with Gasteiger partial charge in [0.2, 0.25) is 5.91 Å². The maximum absolute atomic E-state index is 13.2. The second kappa shape index (κ2) is 10.8. The summed E-state index contributed by atoms with van der Waals surface area (Å²) in [7, 11) is 0. The van der Waals surface area contributed by atoms with E-state index < -0.39 is 17.1 Å². The first-order valence-corrected chi connectivity index (χ1v) is 12.0. The number of anilines is 1. The summed E-state index contributed by atoms with van der Waals surface area (Å²) in [6, 6.07) is 11.5. The number of benzene rings is 1. The number of halogens is 1. The summed E-state index contributed by atoms with van der Waals surface area (Å²) in [5.74, 6) is 0.348. The molecule has 3 aromatic rings. The molecule has 1 aromatic carbocycles. The van der Waals surface area contributed by atoms with Crippen LogP contribution in [-0.4, -0.2) is 62.8 Å². The topological polar surface area (TPSA) is 131 Å². The molecule has 11 heteroatoms. The number of amides is 2. The molecule has 2 amide bonds. The van der Waals surface area contributed by atoms with Crippen LogP contribution in [0.15, 0.2) is 59.7 Å². The normalized spacial score (nSPS) is 15.8. The van der Waals surface area contributed by atoms with Crippen molar-refractivity contribution in [1.29, 1.82) is 5.26 Å². The minimum atomic E-state index is -0.621. The molecule has 1 atom stereocenters. The number of nitrogens with zero attached hydrogens (tertiary/aromatic N) is 4. The monoisotopic (exact) mass is 518 g/mol. The number of aromatic nitrogens is 2. The van der Waals surface area contributed by atoms with Gasteiger partial charge in [-0.3, -0.25) is 19.3 Å². The predicted molar refractivity (Wildman–Crippen MR) is 137 cm³/mol. The van der Waals surface area contributed by atoms with Gasteiger partial charge in [-0.05, 0) is 63.2 Å². The highest BCUT2D eigenvalue weighted by molar-refractivity contribution is 5.95. The maximum Gasteiger partial charge on any atom is 0.265 e. The largest absolute Gasteiger partial charge is 0.456 e. The van der Waals surface area contributed by atoms with E-state index in [1.54, 1.807) is 30.0 Å². The molecule has 0 aliphatic carbocycles. The van der Waals surface area contributed by atoms with E-state index in [4.69, 9.17) is 10.00 Å². The van der Waals surface area contributed by atoms with Gasteiger partial charge in [0, 0.05) is 25.8 Å². The van der Waals surface area contributed by atoms with Crippen LogP contribution >= 0.6 is 0 Å². The van der Waals surface area contributed by atoms with Crippen LogP contribution in [-0.2, 0) is 4.79 Å². The number of nitrogens with one attached hydrogen (secondary N) is 2. The van der Waals surface area contributed by atoms with Crippen LogP contribution in [0.25, 0.3) is 0 Å². The number of carbonyl (C=O) groups excluding carboxylic acids is 2. The molecule has 0 spiro atoms. The zero-order valence-corrected chi connectivity index (χ0v) is 21.2. The third kappa shape index (κ3) is 5.87. The van der Waals surface area contributed by atoms with E-state index in [1.807, 2.05) is 18.7 Å². The second-order valence-electron chi connectivity index (χ2n) is 9.58. The van der Waals surface area contributed by atoms with E-state index >= 15 is 0 Å². The molecule has 1 aliphatic heterocycles. The number of hydrogen-bond acceptors (Lipinski definition) is 7. The van der Waals surface area contributed by atoms with Crippen molar-refractivity contribution in [2.75, 3.05) is 25.0 Å². The lowest BCUT2D eigenvalue weighted by molar-refractivity contribution is -0.122. The molecular formula is C27H27FN6O4. The molecule has 38 heavy (non-hydrogen) atoms. The Morgan fingerprint density at radius 2 is 1.89 bits per heavy atom. The van der Waals surface area contributed by atoms with Gasteiger partial charge in [0.15, 0.2) is 0 Å². The summed E-state index contributed by atoms with van der Waals surface area (Å²) in [4.78, 5) is 48.1. The van der Waals surface area contributed by atoms with Crippen LogP contribution in [0.2, 0.25) is 0 Å². The first kappa shape index (κ1) is 26.5. The van der Waals surface area contributed by atoms with Gasteiger partial charge < -0.3 is 19.9 Å². The van der Waals surface area contributed by atoms with Crippen LogP contribution in [0.4, 0.5) is 10.2 Å². The number of hydrogen-bond donors (Lipinski definition) is 2. The third-order valence-electron chi connectivity index (χ3n) is 6.41. The summed E-state index contributed by atoms with van der Waals surface area (Å²) >= 11 is 0. The molecule has 0 unspecified atom stereocenters. The van der Waals surface area contributed by atoms with E-state index in [0.29, 0.717) is 37.0 Å². The minimum Gasteiger partial charge on any atom is -0.456 e. The highest BCUT2D eigenvalue weighted by Crippen LogP contribution is 2.25. The summed E-state index contributed by atoms with van der Waals surface area (Å²) in [5.41, 5.74) is -1.06. The third-order valence-corrected chi connectivity index (χ3v) is 6.41. The van der Waals surface area contributed by atoms with Gasteiger partial charge in [0.05, 0.1) is 23.3 Å². The predicted octanol–water partition coefficient (Wildman–Crippen LogP) is 3.14. The van der Waals surface area contributed by atoms with Gasteiger partial charge in [0.1, 0.15) is 34.8 Å². The standard InChI is InChI=1S/C27H27FN6O4/c1-17(24(35)32-23-9-8-22(15-30-23)38-21-6-4-20(28)5-7-21)33-10-11-34(27(2,3)16-33)26(37)19-12-18(13-29)25(36)31-14-19/h4-9,12,14-15,17H,10-11,16H2,1-3H3,(H,31,36)(H,30,32,35)/t17-/m0/s1. The van der Waals surface area contributed by atoms with Crippen LogP contribution in [0.3, 0.4) is 0 Å². The second-order valence-corrected chi connectivity index (χ2v) is 9.58. The lowest BCUT2D eigenvalue weighted by Gasteiger charge is -2.48. The van der Waals surface area contributed by atoms with Crippen LogP contribution in [0, 0.1) is 17.1 Å². The Morgan fingerprint density at radius 3 is 2.53 bits per heavy atom. The van der Waals surface area contributed by atoms with Gasteiger partial charge >= 0.3 is 0 Å². The van der Waals surface area contributed by atoms with Crippen LogP contribution < -0.4 is 15.6 Å². The lowest BCUT2D eigenvalue weighted by atomic mass is 9.96. The van der Waals surface area contributed by atoms with Crippen molar-refractivity contribution < 1.29 is 18.7 Å². The first-order valence-electron chi connectivity index (χ1n) is 12.0. The molecular weight excluding hydrogens is 491 g/mol. The van der Waals surface area contributed by atoms with Gasteiger partial charge in [-0.25, -0.2) is 9.37 Å². The Labute approximate surface area is 218 Å². The average molecular weight is 519 g/mol. The SMILES string of the molecule is C[C@@H](C(=O)Nc1ccc(Oc2ccc(F)cc2)cn1)N1CCN(C(=O)c2c[nH]c(=O)c(C#N)c2)C(C)(C)C1. The fourth-order valence-electron chi connectivity index (χ4n) is 4.30. The minimum absolute atomic E-state index is 0.124. The van der Waals surface area contributed by atoms with Crippen molar-refractivity contribution in [2.45, 2.75) is 32.4 Å². The van der Waals surface area contributed by atoms with Crippen molar-refractivity contribution >= 4 is 17.6 Å². The van der Waals surface area contributed by atoms with Crippen molar-refractivity contribution in [1.82, 2.24) is 19.8 Å². The van der Waals surface area contributed by atoms with E-state index in [1.165, 1.54) is 42.7 Å². The zero-order valence-electron chi connectivity index (χ0n) is 21.2. The van der Waals surface area contributed by atoms with Crippen molar-refractivity contribution in [3.63, 3.8) is 0 Å². The maximum atomic E-state index is 13.2. The quantitative estimate of drug-likeness (QED) is 0.513. The smallest absolute Gasteiger partial charge is 0.265 e. The molecule has 0 bridgehead atoms. The Balaban J connectivity index is 1.36. The molecule has 2 N–H and O–H groups in total. The highest BCUT2D eigenvalue weighted by Gasteiger charge is 2.39. The van der Waals surface area contributed by atoms with Gasteiger partial charge in [-0.2, -0.15) is 5.26 Å². The lowest BCUT2D eigenvalue weighted by Crippen LogP contribution is -2.63. The fraction of sp³-hybridized carbons (Fsp3) is 0.296. The van der Waals surface area contributed by atoms with Crippen LogP contribution in [0.5, 0.6) is 11.5 Å². The average Bonchev–Trinajstić information content (AvgIpc) is 2.90. The number of pyridine rings is 2. The molecule has 196 valence electrons. The van der Waals surface area contributed by atoms with E-state index in [0.717, 1.165) is 0 Å². The zero-order chi connectivity index (χ0) is 27.4. The molecule has 4 rings (SSSR count). The van der Waals surface area contributed by atoms with Gasteiger partial charge in [-0.15, -0.1) is 0 Å². The number of carbonyl (C=O) groups is 2. The number of nitriles is 1. The summed E-state index contributed by atoms with van der Waals surface area (Å²) < 4.78 is 18.7. The molecule has 1 aliphatic rings. The van der Waals surface area contributed by atoms with Crippen molar-refractivity contribution in [3.8, 4) is 17.6 Å². The first-order chi connectivity index (χ1) is 18.1. The van der Waals surface area contributed by atoms with E-state index in [-0.39, 0.29) is 28.8 Å². The Kier molecular flexibility index (Phi) is 7.55. The summed E-state index contributed by atoms with van der Waals surface area (Å²) in [5, 5.41) is 11.9. The number of ether oxygens (including phenoxy) is 1. The molecule has 0 radical (unpaired) electrons. The van der Waals surface area contributed by atoms with E-state index in [9.17, 15) is 18.8 Å². The highest BCUT2D eigenvalue weighted by atomic mass is 19.1. The molecule has 0 saturated carbocycles.